The van der Waals surface area contributed by atoms with E-state index >= 15 is 0 Å². The first-order chi connectivity index (χ1) is 9.46. The van der Waals surface area contributed by atoms with E-state index in [1.54, 1.807) is 0 Å². The highest BCUT2D eigenvalue weighted by Gasteiger charge is 2.40. The van der Waals surface area contributed by atoms with Crippen molar-refractivity contribution in [2.24, 2.45) is 0 Å². The zero-order chi connectivity index (χ0) is 16.4. The molecule has 2 nitrogen and oxygen atoms in total. The molecule has 0 aliphatic heterocycles. The summed E-state index contributed by atoms with van der Waals surface area (Å²) < 4.78 is 77.2. The minimum atomic E-state index is -4.96. The van der Waals surface area contributed by atoms with E-state index < -0.39 is 47.0 Å². The van der Waals surface area contributed by atoms with Gasteiger partial charge < -0.3 is 5.11 Å². The number of halogens is 6. The van der Waals surface area contributed by atoms with Crippen LogP contribution in [0.4, 0.5) is 26.3 Å². The van der Waals surface area contributed by atoms with Gasteiger partial charge in [-0.3, -0.25) is 0 Å². The Morgan fingerprint density at radius 1 is 1.10 bits per heavy atom. The maximum atomic E-state index is 12.9. The second kappa shape index (κ2) is 5.79. The van der Waals surface area contributed by atoms with Crippen molar-refractivity contribution < 1.29 is 36.2 Å². The topological polar surface area (TPSA) is 37.3 Å². The number of rotatable bonds is 3. The molecule has 0 heterocycles. The molecular formula is C13H10F6O2. The molecule has 0 saturated heterocycles. The molecule has 0 amide bonds. The highest BCUT2D eigenvalue weighted by atomic mass is 19.4. The summed E-state index contributed by atoms with van der Waals surface area (Å²) in [5.74, 6) is -1.48. The summed E-state index contributed by atoms with van der Waals surface area (Å²) in [6, 6.07) is 1.01. The number of carboxylic acid groups (broad SMARTS) is 1. The molecule has 0 aliphatic carbocycles. The maximum absolute atomic E-state index is 12.9. The second-order valence-electron chi connectivity index (χ2n) is 4.12. The van der Waals surface area contributed by atoms with Crippen LogP contribution in [0.15, 0.2) is 18.2 Å². The van der Waals surface area contributed by atoms with Crippen molar-refractivity contribution in [1.29, 1.82) is 0 Å². The molecule has 21 heavy (non-hydrogen) atoms. The lowest BCUT2D eigenvalue weighted by molar-refractivity contribution is -0.144. The van der Waals surface area contributed by atoms with Crippen LogP contribution in [0.2, 0.25) is 0 Å². The van der Waals surface area contributed by atoms with Gasteiger partial charge in [-0.25, -0.2) is 4.79 Å². The number of aliphatic carboxylic acids is 1. The van der Waals surface area contributed by atoms with Crippen molar-refractivity contribution in [3.05, 3.63) is 40.5 Å². The fraction of sp³-hybridized carbons (Fsp3) is 0.308. The molecule has 0 aliphatic rings. The first-order valence-electron chi connectivity index (χ1n) is 5.69. The SMILES string of the molecule is CCc1c(C(F)(F)F)cc(/C=C/C(=O)O)cc1C(F)(F)F. The van der Waals surface area contributed by atoms with Crippen LogP contribution in [-0.4, -0.2) is 11.1 Å². The largest absolute Gasteiger partial charge is 0.478 e. The Hall–Kier alpha value is -1.99. The molecule has 0 unspecified atom stereocenters. The van der Waals surface area contributed by atoms with Crippen LogP contribution in [0.1, 0.15) is 29.2 Å². The molecular weight excluding hydrogens is 302 g/mol. The van der Waals surface area contributed by atoms with Gasteiger partial charge in [0.1, 0.15) is 0 Å². The minimum Gasteiger partial charge on any atom is -0.478 e. The number of carboxylic acids is 1. The maximum Gasteiger partial charge on any atom is 0.416 e. The molecule has 1 rings (SSSR count). The van der Waals surface area contributed by atoms with Gasteiger partial charge in [0.25, 0.3) is 0 Å². The Bertz CT molecular complexity index is 534. The number of carbonyl (C=O) groups is 1. The lowest BCUT2D eigenvalue weighted by atomic mass is 9.94. The Morgan fingerprint density at radius 2 is 1.52 bits per heavy atom. The van der Waals surface area contributed by atoms with E-state index in [2.05, 4.69) is 0 Å². The van der Waals surface area contributed by atoms with Crippen LogP contribution < -0.4 is 0 Å². The summed E-state index contributed by atoms with van der Waals surface area (Å²) in [7, 11) is 0. The summed E-state index contributed by atoms with van der Waals surface area (Å²) in [6.07, 6.45) is -9.21. The average molecular weight is 312 g/mol. The molecule has 0 fully saturated rings. The molecule has 0 spiro atoms. The van der Waals surface area contributed by atoms with Crippen molar-refractivity contribution in [2.45, 2.75) is 25.7 Å². The summed E-state index contributed by atoms with van der Waals surface area (Å²) in [6.45, 7) is 1.19. The molecule has 1 aromatic rings. The van der Waals surface area contributed by atoms with Gasteiger partial charge in [-0.15, -0.1) is 0 Å². The van der Waals surface area contributed by atoms with E-state index in [1.807, 2.05) is 0 Å². The van der Waals surface area contributed by atoms with Gasteiger partial charge in [0.2, 0.25) is 0 Å². The van der Waals surface area contributed by atoms with Crippen molar-refractivity contribution in [3.63, 3.8) is 0 Å². The number of hydrogen-bond donors (Lipinski definition) is 1. The summed E-state index contributed by atoms with van der Waals surface area (Å²) in [5.41, 5.74) is -4.16. The Kier molecular flexibility index (Phi) is 4.70. The van der Waals surface area contributed by atoms with E-state index in [-0.39, 0.29) is 0 Å². The minimum absolute atomic E-state index is 0.452. The molecule has 116 valence electrons. The monoisotopic (exact) mass is 312 g/mol. The van der Waals surface area contributed by atoms with Crippen LogP contribution in [-0.2, 0) is 23.6 Å². The molecule has 8 heteroatoms. The smallest absolute Gasteiger partial charge is 0.416 e. The van der Waals surface area contributed by atoms with Crippen LogP contribution in [0.25, 0.3) is 6.08 Å². The second-order valence-corrected chi connectivity index (χ2v) is 4.12. The van der Waals surface area contributed by atoms with Gasteiger partial charge in [-0.1, -0.05) is 6.92 Å². The van der Waals surface area contributed by atoms with E-state index in [1.165, 1.54) is 6.92 Å². The predicted molar refractivity (Wildman–Crippen MR) is 62.5 cm³/mol. The van der Waals surface area contributed by atoms with E-state index in [4.69, 9.17) is 5.11 Å². The third-order valence-corrected chi connectivity index (χ3v) is 2.65. The zero-order valence-electron chi connectivity index (χ0n) is 10.6. The third kappa shape index (κ3) is 4.24. The van der Waals surface area contributed by atoms with Gasteiger partial charge in [0, 0.05) is 6.08 Å². The Labute approximate surface area is 115 Å². The number of alkyl halides is 6. The molecule has 0 saturated carbocycles. The fourth-order valence-corrected chi connectivity index (χ4v) is 1.84. The first kappa shape index (κ1) is 17.1. The van der Waals surface area contributed by atoms with Crippen LogP contribution in [0, 0.1) is 0 Å². The van der Waals surface area contributed by atoms with Gasteiger partial charge in [0.05, 0.1) is 11.1 Å². The third-order valence-electron chi connectivity index (χ3n) is 2.65. The highest BCUT2D eigenvalue weighted by Crippen LogP contribution is 2.40. The predicted octanol–water partition coefficient (Wildman–Crippen LogP) is 4.38. The Morgan fingerprint density at radius 3 is 1.81 bits per heavy atom. The van der Waals surface area contributed by atoms with Crippen LogP contribution >= 0.6 is 0 Å². The van der Waals surface area contributed by atoms with Crippen molar-refractivity contribution in [3.8, 4) is 0 Å². The fourth-order valence-electron chi connectivity index (χ4n) is 1.84. The van der Waals surface area contributed by atoms with E-state index in [0.717, 1.165) is 0 Å². The quantitative estimate of drug-likeness (QED) is 0.664. The molecule has 0 atom stereocenters. The summed E-state index contributed by atoms with van der Waals surface area (Å²) >= 11 is 0. The standard InChI is InChI=1S/C13H10F6O2/c1-2-8-9(12(14,15)16)5-7(3-4-11(20)21)6-10(8)13(17,18)19/h3-6H,2H2,1H3,(H,20,21)/b4-3+. The normalized spacial score (nSPS) is 12.9. The van der Waals surface area contributed by atoms with Crippen molar-refractivity contribution >= 4 is 12.0 Å². The Balaban J connectivity index is 3.63. The molecule has 0 radical (unpaired) electrons. The van der Waals surface area contributed by atoms with Gasteiger partial charge in [-0.05, 0) is 35.8 Å². The van der Waals surface area contributed by atoms with Gasteiger partial charge in [0.15, 0.2) is 0 Å². The average Bonchev–Trinajstić information content (AvgIpc) is 2.32. The number of hydrogen-bond acceptors (Lipinski definition) is 1. The van der Waals surface area contributed by atoms with Crippen molar-refractivity contribution in [2.75, 3.05) is 0 Å². The number of benzene rings is 1. The van der Waals surface area contributed by atoms with E-state index in [9.17, 15) is 31.1 Å². The molecule has 1 N–H and O–H groups in total. The van der Waals surface area contributed by atoms with E-state index in [0.29, 0.717) is 24.3 Å². The molecule has 0 aromatic heterocycles. The van der Waals surface area contributed by atoms with Gasteiger partial charge >= 0.3 is 18.3 Å². The van der Waals surface area contributed by atoms with Crippen molar-refractivity contribution in [1.82, 2.24) is 0 Å². The first-order valence-corrected chi connectivity index (χ1v) is 5.69. The lowest BCUT2D eigenvalue weighted by Crippen LogP contribution is -2.16. The molecule has 0 bridgehead atoms. The highest BCUT2D eigenvalue weighted by molar-refractivity contribution is 5.85. The lowest BCUT2D eigenvalue weighted by Gasteiger charge is -2.19. The van der Waals surface area contributed by atoms with Crippen LogP contribution in [0.5, 0.6) is 0 Å². The summed E-state index contributed by atoms with van der Waals surface area (Å²) in [4.78, 5) is 10.3. The van der Waals surface area contributed by atoms with Crippen LogP contribution in [0.3, 0.4) is 0 Å². The molecule has 1 aromatic carbocycles. The van der Waals surface area contributed by atoms with Gasteiger partial charge in [-0.2, -0.15) is 26.3 Å². The zero-order valence-corrected chi connectivity index (χ0v) is 10.6. The summed E-state index contributed by atoms with van der Waals surface area (Å²) in [5, 5.41) is 8.40.